The van der Waals surface area contributed by atoms with Crippen LogP contribution in [0.25, 0.3) is 0 Å². The molecule has 2 fully saturated rings. The lowest BCUT2D eigenvalue weighted by Crippen LogP contribution is -2.55. The maximum atomic E-state index is 13.2. The van der Waals surface area contributed by atoms with E-state index in [2.05, 4.69) is 9.80 Å². The summed E-state index contributed by atoms with van der Waals surface area (Å²) in [5.41, 5.74) is 0.143. The molecule has 2 aliphatic heterocycles. The highest BCUT2D eigenvalue weighted by atomic mass is 19.1. The zero-order valence-electron chi connectivity index (χ0n) is 18.7. The van der Waals surface area contributed by atoms with Crippen molar-refractivity contribution in [1.82, 2.24) is 4.90 Å². The van der Waals surface area contributed by atoms with Crippen LogP contribution in [0.15, 0.2) is 48.5 Å². The number of hydrogen-bond acceptors (Lipinski definition) is 6. The summed E-state index contributed by atoms with van der Waals surface area (Å²) >= 11 is 0. The van der Waals surface area contributed by atoms with E-state index >= 15 is 0 Å². The van der Waals surface area contributed by atoms with Crippen molar-refractivity contribution in [3.8, 4) is 5.75 Å². The Hall–Kier alpha value is -2.19. The lowest BCUT2D eigenvalue weighted by Gasteiger charge is -2.42. The van der Waals surface area contributed by atoms with Gasteiger partial charge in [-0.3, -0.25) is 4.90 Å². The number of ether oxygens (including phenoxy) is 2. The molecule has 0 bridgehead atoms. The molecular formula is C25H33FN2O4. The SMILES string of the molecule is Cc1ccc(OC[C@]2(O)COCCN(CC3(O)CCN(c4ccc(F)cc4)CC3)C2)cc1. The second-order valence-corrected chi connectivity index (χ2v) is 9.28. The molecule has 2 aromatic rings. The number of aryl methyl sites for hydroxylation is 1. The molecule has 2 aliphatic rings. The van der Waals surface area contributed by atoms with Crippen molar-refractivity contribution in [2.75, 3.05) is 57.4 Å². The van der Waals surface area contributed by atoms with Crippen molar-refractivity contribution in [3.05, 3.63) is 59.9 Å². The van der Waals surface area contributed by atoms with Crippen molar-refractivity contribution in [1.29, 1.82) is 0 Å². The fourth-order valence-electron chi connectivity index (χ4n) is 4.48. The summed E-state index contributed by atoms with van der Waals surface area (Å²) in [6, 6.07) is 14.2. The highest BCUT2D eigenvalue weighted by Crippen LogP contribution is 2.28. The van der Waals surface area contributed by atoms with Gasteiger partial charge in [0.05, 0.1) is 18.8 Å². The number of hydrogen-bond donors (Lipinski definition) is 2. The van der Waals surface area contributed by atoms with Crippen molar-refractivity contribution < 1.29 is 24.1 Å². The summed E-state index contributed by atoms with van der Waals surface area (Å²) in [5, 5.41) is 22.4. The van der Waals surface area contributed by atoms with E-state index in [-0.39, 0.29) is 19.0 Å². The molecule has 0 aromatic heterocycles. The molecule has 0 saturated carbocycles. The van der Waals surface area contributed by atoms with Gasteiger partial charge in [-0.05, 0) is 56.2 Å². The summed E-state index contributed by atoms with van der Waals surface area (Å²) in [6.07, 6.45) is 1.22. The third kappa shape index (κ3) is 5.98. The van der Waals surface area contributed by atoms with Gasteiger partial charge in [-0.2, -0.15) is 0 Å². The van der Waals surface area contributed by atoms with Crippen molar-refractivity contribution in [2.24, 2.45) is 0 Å². The van der Waals surface area contributed by atoms with Crippen LogP contribution in [0.4, 0.5) is 10.1 Å². The summed E-state index contributed by atoms with van der Waals surface area (Å²) in [4.78, 5) is 4.25. The zero-order chi connectivity index (χ0) is 22.6. The van der Waals surface area contributed by atoms with Crippen LogP contribution in [0.1, 0.15) is 18.4 Å². The Labute approximate surface area is 189 Å². The Morgan fingerprint density at radius 1 is 0.969 bits per heavy atom. The van der Waals surface area contributed by atoms with Crippen LogP contribution in [0.3, 0.4) is 0 Å². The maximum absolute atomic E-state index is 13.2. The summed E-state index contributed by atoms with van der Waals surface area (Å²) in [6.45, 7) is 5.75. The van der Waals surface area contributed by atoms with E-state index in [1.54, 1.807) is 12.1 Å². The monoisotopic (exact) mass is 444 g/mol. The van der Waals surface area contributed by atoms with Crippen LogP contribution >= 0.6 is 0 Å². The quantitative estimate of drug-likeness (QED) is 0.714. The van der Waals surface area contributed by atoms with Crippen molar-refractivity contribution in [2.45, 2.75) is 31.0 Å². The lowest BCUT2D eigenvalue weighted by atomic mass is 9.90. The second-order valence-electron chi connectivity index (χ2n) is 9.28. The standard InChI is InChI=1S/C25H33FN2O4/c1-20-2-8-23(9-3-20)32-19-25(30)17-27(14-15-31-18-25)16-24(29)10-12-28(13-11-24)22-6-4-21(26)5-7-22/h2-9,29-30H,10-19H2,1H3/t25-/m1/s1. The minimum Gasteiger partial charge on any atom is -0.490 e. The first-order valence-electron chi connectivity index (χ1n) is 11.3. The van der Waals surface area contributed by atoms with Crippen LogP contribution in [-0.4, -0.2) is 78.9 Å². The molecule has 0 amide bonds. The Morgan fingerprint density at radius 3 is 2.34 bits per heavy atom. The Morgan fingerprint density at radius 2 is 1.66 bits per heavy atom. The average Bonchev–Trinajstić information content (AvgIpc) is 2.95. The predicted molar refractivity (Wildman–Crippen MR) is 122 cm³/mol. The van der Waals surface area contributed by atoms with E-state index in [0.29, 0.717) is 57.9 Å². The molecule has 0 radical (unpaired) electrons. The van der Waals surface area contributed by atoms with Crippen LogP contribution in [0, 0.1) is 12.7 Å². The third-order valence-corrected chi connectivity index (χ3v) is 6.37. The van der Waals surface area contributed by atoms with Crippen LogP contribution in [0.5, 0.6) is 5.75 Å². The fraction of sp³-hybridized carbons (Fsp3) is 0.520. The van der Waals surface area contributed by atoms with Crippen LogP contribution in [-0.2, 0) is 4.74 Å². The van der Waals surface area contributed by atoms with E-state index in [1.807, 2.05) is 31.2 Å². The molecule has 0 spiro atoms. The lowest BCUT2D eigenvalue weighted by molar-refractivity contribution is -0.0742. The highest BCUT2D eigenvalue weighted by molar-refractivity contribution is 5.46. The highest BCUT2D eigenvalue weighted by Gasteiger charge is 2.39. The van der Waals surface area contributed by atoms with E-state index in [0.717, 1.165) is 11.3 Å². The van der Waals surface area contributed by atoms with Crippen LogP contribution in [0.2, 0.25) is 0 Å². The first-order chi connectivity index (χ1) is 15.3. The second kappa shape index (κ2) is 9.75. The number of nitrogens with zero attached hydrogens (tertiary/aromatic N) is 2. The fourth-order valence-corrected chi connectivity index (χ4v) is 4.48. The molecular weight excluding hydrogens is 411 g/mol. The topological polar surface area (TPSA) is 65.4 Å². The molecule has 1 atom stereocenters. The van der Waals surface area contributed by atoms with Gasteiger partial charge < -0.3 is 24.6 Å². The Kier molecular flexibility index (Phi) is 7.00. The summed E-state index contributed by atoms with van der Waals surface area (Å²) in [7, 11) is 0. The number of aliphatic hydroxyl groups is 2. The molecule has 4 rings (SSSR count). The largest absolute Gasteiger partial charge is 0.490 e. The molecule has 2 aromatic carbocycles. The average molecular weight is 445 g/mol. The van der Waals surface area contributed by atoms with Gasteiger partial charge >= 0.3 is 0 Å². The molecule has 0 aliphatic carbocycles. The number of halogens is 1. The minimum atomic E-state index is -1.15. The van der Waals surface area contributed by atoms with Crippen LogP contribution < -0.4 is 9.64 Å². The number of rotatable bonds is 6. The Balaban J connectivity index is 1.32. The molecule has 0 unspecified atom stereocenters. The minimum absolute atomic E-state index is 0.128. The van der Waals surface area contributed by atoms with Gasteiger partial charge in [-0.1, -0.05) is 17.7 Å². The van der Waals surface area contributed by atoms with Gasteiger partial charge in [0.2, 0.25) is 0 Å². The molecule has 2 N–H and O–H groups in total. The molecule has 2 heterocycles. The number of benzene rings is 2. The molecule has 6 nitrogen and oxygen atoms in total. The number of piperidine rings is 1. The molecule has 2 saturated heterocycles. The van der Waals surface area contributed by atoms with Crippen molar-refractivity contribution in [3.63, 3.8) is 0 Å². The maximum Gasteiger partial charge on any atom is 0.134 e. The van der Waals surface area contributed by atoms with Gasteiger partial charge in [0, 0.05) is 38.4 Å². The Bertz CT molecular complexity index is 869. The smallest absolute Gasteiger partial charge is 0.134 e. The van der Waals surface area contributed by atoms with Gasteiger partial charge in [-0.15, -0.1) is 0 Å². The predicted octanol–water partition coefficient (Wildman–Crippen LogP) is 2.61. The first kappa shape index (κ1) is 23.0. The first-order valence-corrected chi connectivity index (χ1v) is 11.3. The summed E-state index contributed by atoms with van der Waals surface area (Å²) < 4.78 is 24.7. The number of anilines is 1. The van der Waals surface area contributed by atoms with E-state index in [9.17, 15) is 14.6 Å². The third-order valence-electron chi connectivity index (χ3n) is 6.37. The van der Waals surface area contributed by atoms with Gasteiger partial charge in [0.15, 0.2) is 0 Å². The van der Waals surface area contributed by atoms with Gasteiger partial charge in [0.1, 0.15) is 23.8 Å². The summed E-state index contributed by atoms with van der Waals surface area (Å²) in [5.74, 6) is 0.469. The van der Waals surface area contributed by atoms with Crippen molar-refractivity contribution >= 4 is 5.69 Å². The normalized spacial score (nSPS) is 24.2. The molecule has 7 heteroatoms. The van der Waals surface area contributed by atoms with E-state index < -0.39 is 11.2 Å². The number of β-amino-alcohol motifs (C(OH)–C–C–N with tert-alkyl or cyclic N) is 2. The van der Waals surface area contributed by atoms with Gasteiger partial charge in [0.25, 0.3) is 0 Å². The van der Waals surface area contributed by atoms with E-state index in [1.165, 1.54) is 12.1 Å². The molecule has 174 valence electrons. The van der Waals surface area contributed by atoms with Gasteiger partial charge in [-0.25, -0.2) is 4.39 Å². The molecule has 32 heavy (non-hydrogen) atoms. The zero-order valence-corrected chi connectivity index (χ0v) is 18.7. The van der Waals surface area contributed by atoms with E-state index in [4.69, 9.17) is 9.47 Å².